The van der Waals surface area contributed by atoms with E-state index in [9.17, 15) is 9.59 Å². The largest absolute Gasteiger partial charge is 0.506 e. The highest BCUT2D eigenvalue weighted by Gasteiger charge is 2.01. The minimum atomic E-state index is -1.31. The quantitative estimate of drug-likeness (QED) is 0.190. The number of phenols is 1. The van der Waals surface area contributed by atoms with Crippen LogP contribution >= 0.6 is 0 Å². The molecular weight excluding hydrogens is 242 g/mol. The normalized spacial score (nSPS) is 8.44. The van der Waals surface area contributed by atoms with Crippen LogP contribution in [0.15, 0.2) is 12.1 Å². The Hall–Kier alpha value is -2.64. The summed E-state index contributed by atoms with van der Waals surface area (Å²) in [5.41, 5.74) is 17.0. The summed E-state index contributed by atoms with van der Waals surface area (Å²) in [7, 11) is 0. The van der Waals surface area contributed by atoms with Crippen LogP contribution in [0.1, 0.15) is 13.8 Å². The summed E-state index contributed by atoms with van der Waals surface area (Å²) in [5, 5.41) is 24.4. The molecular formula is C10H17N3O5. The molecule has 8 heteroatoms. The molecule has 0 atom stereocenters. The second-order valence-electron chi connectivity index (χ2n) is 3.00. The molecule has 0 aliphatic heterocycles. The first-order valence-electron chi connectivity index (χ1n) is 4.31. The van der Waals surface area contributed by atoms with Crippen LogP contribution in [0, 0.1) is 0 Å². The third-order valence-electron chi connectivity index (χ3n) is 1.53. The first kappa shape index (κ1) is 17.7. The maximum atomic E-state index is 9.43. The number of nitrogens with two attached hydrogens (primary N) is 3. The number of aliphatic carboxylic acids is 2. The highest BCUT2D eigenvalue weighted by molar-refractivity contribution is 5.88. The van der Waals surface area contributed by atoms with Crippen LogP contribution in [-0.4, -0.2) is 27.3 Å². The van der Waals surface area contributed by atoms with Gasteiger partial charge >= 0.3 is 11.9 Å². The summed E-state index contributed by atoms with van der Waals surface area (Å²) in [6.07, 6.45) is -0.806. The first-order chi connectivity index (χ1) is 7.73. The van der Waals surface area contributed by atoms with Crippen molar-refractivity contribution in [3.8, 4) is 5.75 Å². The van der Waals surface area contributed by atoms with Crippen molar-refractivity contribution in [2.75, 3.05) is 17.2 Å². The molecule has 0 aliphatic carbocycles. The zero-order valence-electron chi connectivity index (χ0n) is 8.75. The highest BCUT2D eigenvalue weighted by atomic mass is 16.4. The van der Waals surface area contributed by atoms with Crippen LogP contribution in [0.3, 0.4) is 0 Å². The molecule has 1 rings (SSSR count). The molecule has 0 amide bonds. The van der Waals surface area contributed by atoms with E-state index in [0.29, 0.717) is 11.4 Å². The number of aromatic hydroxyl groups is 1. The van der Waals surface area contributed by atoms with E-state index < -0.39 is 18.4 Å². The molecule has 102 valence electrons. The van der Waals surface area contributed by atoms with Gasteiger partial charge in [-0.2, -0.15) is 0 Å². The van der Waals surface area contributed by atoms with Gasteiger partial charge in [-0.25, -0.2) is 0 Å². The Bertz CT molecular complexity index is 372. The van der Waals surface area contributed by atoms with Crippen LogP contribution in [0.5, 0.6) is 5.75 Å². The van der Waals surface area contributed by atoms with E-state index in [1.807, 2.05) is 0 Å². The Morgan fingerprint density at radius 2 is 1.33 bits per heavy atom. The van der Waals surface area contributed by atoms with Gasteiger partial charge in [0.15, 0.2) is 0 Å². The van der Waals surface area contributed by atoms with Gasteiger partial charge in [-0.1, -0.05) is 7.43 Å². The van der Waals surface area contributed by atoms with Gasteiger partial charge in [0, 0.05) is 6.07 Å². The van der Waals surface area contributed by atoms with Crippen molar-refractivity contribution >= 4 is 29.0 Å². The van der Waals surface area contributed by atoms with Gasteiger partial charge in [0.2, 0.25) is 0 Å². The van der Waals surface area contributed by atoms with E-state index in [0.717, 1.165) is 0 Å². The molecule has 8 nitrogen and oxygen atoms in total. The summed E-state index contributed by atoms with van der Waals surface area (Å²) < 4.78 is 0. The van der Waals surface area contributed by atoms with Crippen molar-refractivity contribution in [2.45, 2.75) is 13.8 Å². The second kappa shape index (κ2) is 7.60. The molecule has 1 aromatic rings. The van der Waals surface area contributed by atoms with Crippen LogP contribution in [-0.2, 0) is 9.59 Å². The van der Waals surface area contributed by atoms with Crippen molar-refractivity contribution in [1.29, 1.82) is 0 Å². The third-order valence-corrected chi connectivity index (χ3v) is 1.53. The SMILES string of the molecule is C.Nc1cc(N)c(O)cc1N.O=C(O)CC(=O)O. The lowest BCUT2D eigenvalue weighted by Gasteiger charge is -2.02. The number of carboxylic acid groups (broad SMARTS) is 2. The fourth-order valence-electron chi connectivity index (χ4n) is 0.768. The number of anilines is 3. The van der Waals surface area contributed by atoms with Crippen LogP contribution < -0.4 is 17.2 Å². The van der Waals surface area contributed by atoms with Gasteiger partial charge in [-0.15, -0.1) is 0 Å². The number of benzene rings is 1. The van der Waals surface area contributed by atoms with E-state index in [1.54, 1.807) is 0 Å². The monoisotopic (exact) mass is 259 g/mol. The first-order valence-corrected chi connectivity index (χ1v) is 4.31. The van der Waals surface area contributed by atoms with Gasteiger partial charge in [-0.05, 0) is 6.07 Å². The van der Waals surface area contributed by atoms with E-state index in [4.69, 9.17) is 32.5 Å². The number of hydrogen-bond donors (Lipinski definition) is 6. The van der Waals surface area contributed by atoms with Crippen LogP contribution in [0.2, 0.25) is 0 Å². The van der Waals surface area contributed by atoms with Crippen molar-refractivity contribution < 1.29 is 24.9 Å². The summed E-state index contributed by atoms with van der Waals surface area (Å²) >= 11 is 0. The van der Waals surface area contributed by atoms with Crippen molar-refractivity contribution in [3.05, 3.63) is 12.1 Å². The van der Waals surface area contributed by atoms with Gasteiger partial charge in [0.25, 0.3) is 0 Å². The molecule has 0 aromatic heterocycles. The van der Waals surface area contributed by atoms with Crippen molar-refractivity contribution in [2.24, 2.45) is 0 Å². The molecule has 9 N–H and O–H groups in total. The second-order valence-corrected chi connectivity index (χ2v) is 3.00. The number of carbonyl (C=O) groups is 2. The Kier molecular flexibility index (Phi) is 7.50. The molecule has 0 aliphatic rings. The summed E-state index contributed by atoms with van der Waals surface area (Å²) in [4.78, 5) is 18.9. The standard InChI is InChI=1S/C6H9N3O.C3H4O4.CH4/c7-3-1-5(9)6(10)2-4(3)8;4-2(5)1-3(6)7;/h1-2,10H,7-9H2;1H2,(H,4,5)(H,6,7);1H4. The summed E-state index contributed by atoms with van der Waals surface area (Å²) in [6.45, 7) is 0. The number of carboxylic acids is 2. The maximum Gasteiger partial charge on any atom is 0.314 e. The lowest BCUT2D eigenvalue weighted by atomic mass is 10.2. The smallest absolute Gasteiger partial charge is 0.314 e. The Morgan fingerprint density at radius 3 is 1.61 bits per heavy atom. The minimum absolute atomic E-state index is 0. The topological polar surface area (TPSA) is 173 Å². The summed E-state index contributed by atoms with van der Waals surface area (Å²) in [6, 6.07) is 2.75. The van der Waals surface area contributed by atoms with Gasteiger partial charge < -0.3 is 32.5 Å². The van der Waals surface area contributed by atoms with E-state index in [1.165, 1.54) is 12.1 Å². The lowest BCUT2D eigenvalue weighted by molar-refractivity contribution is -0.147. The average molecular weight is 259 g/mol. The number of nitrogen functional groups attached to an aromatic ring is 3. The lowest BCUT2D eigenvalue weighted by Crippen LogP contribution is -2.03. The summed E-state index contributed by atoms with van der Waals surface area (Å²) in [5.74, 6) is -2.66. The molecule has 1 aromatic carbocycles. The minimum Gasteiger partial charge on any atom is -0.506 e. The third kappa shape index (κ3) is 6.77. The Balaban J connectivity index is 0. The highest BCUT2D eigenvalue weighted by Crippen LogP contribution is 2.27. The zero-order valence-corrected chi connectivity index (χ0v) is 8.75. The van der Waals surface area contributed by atoms with E-state index in [2.05, 4.69) is 0 Å². The molecule has 0 spiro atoms. The maximum absolute atomic E-state index is 9.43. The van der Waals surface area contributed by atoms with Crippen molar-refractivity contribution in [1.82, 2.24) is 0 Å². The predicted molar refractivity (Wildman–Crippen MR) is 68.0 cm³/mol. The van der Waals surface area contributed by atoms with Gasteiger partial charge in [-0.3, -0.25) is 9.59 Å². The Morgan fingerprint density at radius 1 is 0.944 bits per heavy atom. The molecule has 0 bridgehead atoms. The number of phenolic OH excluding ortho intramolecular Hbond substituents is 1. The van der Waals surface area contributed by atoms with Crippen molar-refractivity contribution in [3.63, 3.8) is 0 Å². The molecule has 0 saturated carbocycles. The molecule has 0 fully saturated rings. The number of hydrogen-bond acceptors (Lipinski definition) is 6. The van der Waals surface area contributed by atoms with E-state index in [-0.39, 0.29) is 18.9 Å². The van der Waals surface area contributed by atoms with Gasteiger partial charge in [0.05, 0.1) is 17.1 Å². The predicted octanol–water partition coefficient (Wildman–Crippen LogP) is 0.321. The van der Waals surface area contributed by atoms with Gasteiger partial charge in [0.1, 0.15) is 12.2 Å². The van der Waals surface area contributed by atoms with E-state index >= 15 is 0 Å². The molecule has 18 heavy (non-hydrogen) atoms. The molecule has 0 radical (unpaired) electrons. The molecule has 0 unspecified atom stereocenters. The van der Waals surface area contributed by atoms with Crippen LogP contribution in [0.25, 0.3) is 0 Å². The zero-order chi connectivity index (χ0) is 13.6. The fraction of sp³-hybridized carbons (Fsp3) is 0.200. The fourth-order valence-corrected chi connectivity index (χ4v) is 0.768. The Labute approximate surface area is 104 Å². The number of rotatable bonds is 2. The average Bonchev–Trinajstić information content (AvgIpc) is 2.13. The van der Waals surface area contributed by atoms with Crippen LogP contribution in [0.4, 0.5) is 17.1 Å². The molecule has 0 saturated heterocycles. The molecule has 0 heterocycles.